The molecule has 0 unspecified atom stereocenters. The molecule has 0 saturated heterocycles. The van der Waals surface area contributed by atoms with Gasteiger partial charge in [-0.2, -0.15) is 0 Å². The maximum absolute atomic E-state index is 13.8. The molecular formula is C15H16FN3O. The number of aromatic nitrogens is 2. The van der Waals surface area contributed by atoms with E-state index in [0.717, 1.165) is 43.4 Å². The molecule has 3 rings (SSSR count). The van der Waals surface area contributed by atoms with Crippen molar-refractivity contribution >= 4 is 5.69 Å². The van der Waals surface area contributed by atoms with E-state index in [0.29, 0.717) is 5.88 Å². The van der Waals surface area contributed by atoms with E-state index in [-0.39, 0.29) is 11.4 Å². The Morgan fingerprint density at radius 3 is 2.80 bits per heavy atom. The molecule has 0 saturated carbocycles. The number of rotatable bonds is 2. The van der Waals surface area contributed by atoms with Crippen molar-refractivity contribution in [2.24, 2.45) is 0 Å². The van der Waals surface area contributed by atoms with Gasteiger partial charge in [0.05, 0.1) is 11.4 Å². The molecule has 1 aromatic heterocycles. The summed E-state index contributed by atoms with van der Waals surface area (Å²) < 4.78 is 19.4. The molecule has 2 N–H and O–H groups in total. The number of anilines is 1. The van der Waals surface area contributed by atoms with E-state index >= 15 is 0 Å². The van der Waals surface area contributed by atoms with Crippen LogP contribution >= 0.6 is 0 Å². The highest BCUT2D eigenvalue weighted by Gasteiger charge is 2.18. The van der Waals surface area contributed by atoms with Crippen molar-refractivity contribution in [2.45, 2.75) is 32.1 Å². The lowest BCUT2D eigenvalue weighted by atomic mass is 10.1. The van der Waals surface area contributed by atoms with Gasteiger partial charge in [0.1, 0.15) is 6.33 Å². The van der Waals surface area contributed by atoms with Gasteiger partial charge in [-0.1, -0.05) is 12.5 Å². The van der Waals surface area contributed by atoms with E-state index in [1.807, 2.05) is 0 Å². The van der Waals surface area contributed by atoms with Crippen LogP contribution in [0, 0.1) is 5.82 Å². The minimum atomic E-state index is -0.481. The second-order valence-corrected chi connectivity index (χ2v) is 4.92. The Kier molecular flexibility index (Phi) is 3.50. The minimum Gasteiger partial charge on any atom is -0.433 e. The van der Waals surface area contributed by atoms with E-state index in [4.69, 9.17) is 10.5 Å². The lowest BCUT2D eigenvalue weighted by Crippen LogP contribution is -2.03. The summed E-state index contributed by atoms with van der Waals surface area (Å²) in [7, 11) is 0. The summed E-state index contributed by atoms with van der Waals surface area (Å²) in [5.41, 5.74) is 8.02. The van der Waals surface area contributed by atoms with Crippen LogP contribution in [0.25, 0.3) is 0 Å². The molecule has 5 heteroatoms. The van der Waals surface area contributed by atoms with E-state index < -0.39 is 5.82 Å². The zero-order valence-electron chi connectivity index (χ0n) is 11.1. The minimum absolute atomic E-state index is 0.0395. The molecular weight excluding hydrogens is 257 g/mol. The van der Waals surface area contributed by atoms with Gasteiger partial charge in [0, 0.05) is 5.56 Å². The summed E-state index contributed by atoms with van der Waals surface area (Å²) in [6.45, 7) is 0. The second-order valence-electron chi connectivity index (χ2n) is 4.92. The summed E-state index contributed by atoms with van der Waals surface area (Å²) in [6.07, 6.45) is 6.60. The predicted octanol–water partition coefficient (Wildman–Crippen LogP) is 3.26. The summed E-state index contributed by atoms with van der Waals surface area (Å²) in [5.74, 6) is -0.0164. The number of nitrogens with zero attached hydrogens (tertiary/aromatic N) is 2. The highest BCUT2D eigenvalue weighted by Crippen LogP contribution is 2.33. The number of ether oxygens (including phenoxy) is 1. The molecule has 1 aliphatic rings. The summed E-state index contributed by atoms with van der Waals surface area (Å²) >= 11 is 0. The molecule has 0 fully saturated rings. The number of nitrogens with two attached hydrogens (primary N) is 1. The number of aryl methyl sites for hydroxylation is 1. The fourth-order valence-corrected chi connectivity index (χ4v) is 2.49. The maximum Gasteiger partial charge on any atom is 0.226 e. The number of para-hydroxylation sites is 1. The average molecular weight is 273 g/mol. The van der Waals surface area contributed by atoms with Crippen LogP contribution in [0.2, 0.25) is 0 Å². The van der Waals surface area contributed by atoms with Gasteiger partial charge >= 0.3 is 0 Å². The van der Waals surface area contributed by atoms with Gasteiger partial charge in [-0.3, -0.25) is 0 Å². The van der Waals surface area contributed by atoms with Gasteiger partial charge in [0.25, 0.3) is 0 Å². The molecule has 4 nitrogen and oxygen atoms in total. The molecule has 0 aliphatic heterocycles. The lowest BCUT2D eigenvalue weighted by molar-refractivity contribution is 0.422. The number of nitrogen functional groups attached to an aromatic ring is 1. The van der Waals surface area contributed by atoms with Crippen LogP contribution < -0.4 is 10.5 Å². The Labute approximate surface area is 116 Å². The molecule has 0 bridgehead atoms. The van der Waals surface area contributed by atoms with Crippen LogP contribution in [0.1, 0.15) is 30.5 Å². The number of benzene rings is 1. The standard InChI is InChI=1S/C15H16FN3O/c16-11-6-4-7-12(17)14(11)20-15-10-5-2-1-3-8-13(10)18-9-19-15/h4,6-7,9H,1-3,5,8,17H2. The topological polar surface area (TPSA) is 61.0 Å². The molecule has 0 atom stereocenters. The molecule has 104 valence electrons. The Morgan fingerprint density at radius 2 is 1.95 bits per heavy atom. The Bertz CT molecular complexity index is 610. The number of halogens is 1. The Morgan fingerprint density at radius 1 is 1.10 bits per heavy atom. The molecule has 0 amide bonds. The molecule has 1 aromatic carbocycles. The molecule has 2 aromatic rings. The van der Waals surface area contributed by atoms with Crippen LogP contribution in [0.3, 0.4) is 0 Å². The number of hydrogen-bond acceptors (Lipinski definition) is 4. The fraction of sp³-hybridized carbons (Fsp3) is 0.333. The molecule has 0 spiro atoms. The predicted molar refractivity (Wildman–Crippen MR) is 74.2 cm³/mol. The van der Waals surface area contributed by atoms with E-state index in [1.165, 1.54) is 12.4 Å². The van der Waals surface area contributed by atoms with Crippen molar-refractivity contribution in [2.75, 3.05) is 5.73 Å². The second kappa shape index (κ2) is 5.45. The smallest absolute Gasteiger partial charge is 0.226 e. The largest absolute Gasteiger partial charge is 0.433 e. The Balaban J connectivity index is 1.99. The van der Waals surface area contributed by atoms with Crippen molar-refractivity contribution in [1.82, 2.24) is 9.97 Å². The van der Waals surface area contributed by atoms with Crippen LogP contribution in [0.5, 0.6) is 11.6 Å². The van der Waals surface area contributed by atoms with Gasteiger partial charge in [-0.15, -0.1) is 0 Å². The quantitative estimate of drug-likeness (QED) is 0.674. The Hall–Kier alpha value is -2.17. The van der Waals surface area contributed by atoms with E-state index in [9.17, 15) is 4.39 Å². The zero-order valence-corrected chi connectivity index (χ0v) is 11.1. The molecule has 20 heavy (non-hydrogen) atoms. The molecule has 1 aliphatic carbocycles. The van der Waals surface area contributed by atoms with Gasteiger partial charge in [-0.25, -0.2) is 14.4 Å². The average Bonchev–Trinajstić information content (AvgIpc) is 2.69. The highest BCUT2D eigenvalue weighted by molar-refractivity contribution is 5.54. The van der Waals surface area contributed by atoms with E-state index in [2.05, 4.69) is 9.97 Å². The van der Waals surface area contributed by atoms with Crippen molar-refractivity contribution in [3.63, 3.8) is 0 Å². The first kappa shape index (κ1) is 12.8. The maximum atomic E-state index is 13.8. The summed E-state index contributed by atoms with van der Waals surface area (Å²) in [6, 6.07) is 4.49. The monoisotopic (exact) mass is 273 g/mol. The third-order valence-corrected chi connectivity index (χ3v) is 3.53. The summed E-state index contributed by atoms with van der Waals surface area (Å²) in [4.78, 5) is 8.47. The number of fused-ring (bicyclic) bond motifs is 1. The van der Waals surface area contributed by atoms with Crippen molar-refractivity contribution in [3.8, 4) is 11.6 Å². The normalized spacial score (nSPS) is 14.4. The van der Waals surface area contributed by atoms with Crippen LogP contribution in [-0.4, -0.2) is 9.97 Å². The van der Waals surface area contributed by atoms with Crippen molar-refractivity contribution in [1.29, 1.82) is 0 Å². The van der Waals surface area contributed by atoms with Crippen LogP contribution in [-0.2, 0) is 12.8 Å². The van der Waals surface area contributed by atoms with Crippen LogP contribution in [0.4, 0.5) is 10.1 Å². The number of hydrogen-bond donors (Lipinski definition) is 1. The third-order valence-electron chi connectivity index (χ3n) is 3.53. The van der Waals surface area contributed by atoms with E-state index in [1.54, 1.807) is 12.1 Å². The van der Waals surface area contributed by atoms with Crippen LogP contribution in [0.15, 0.2) is 24.5 Å². The SMILES string of the molecule is Nc1cccc(F)c1Oc1ncnc2c1CCCCC2. The lowest BCUT2D eigenvalue weighted by Gasteiger charge is -2.13. The van der Waals surface area contributed by atoms with Gasteiger partial charge < -0.3 is 10.5 Å². The first-order chi connectivity index (χ1) is 9.75. The van der Waals surface area contributed by atoms with Gasteiger partial charge in [-0.05, 0) is 37.8 Å². The van der Waals surface area contributed by atoms with Crippen molar-refractivity contribution < 1.29 is 9.13 Å². The zero-order chi connectivity index (χ0) is 13.9. The van der Waals surface area contributed by atoms with Crippen molar-refractivity contribution in [3.05, 3.63) is 41.6 Å². The molecule has 0 radical (unpaired) electrons. The first-order valence-electron chi connectivity index (χ1n) is 6.80. The first-order valence-corrected chi connectivity index (χ1v) is 6.80. The molecule has 1 heterocycles. The van der Waals surface area contributed by atoms with Gasteiger partial charge in [0.15, 0.2) is 11.6 Å². The van der Waals surface area contributed by atoms with Gasteiger partial charge in [0.2, 0.25) is 5.88 Å². The summed E-state index contributed by atoms with van der Waals surface area (Å²) in [5, 5.41) is 0. The fourth-order valence-electron chi connectivity index (χ4n) is 2.49. The third kappa shape index (κ3) is 2.43. The highest BCUT2D eigenvalue weighted by atomic mass is 19.1.